The molecule has 3 aliphatic rings. The van der Waals surface area contributed by atoms with E-state index in [9.17, 15) is 0 Å². The van der Waals surface area contributed by atoms with E-state index in [1.54, 1.807) is 0 Å². The molecule has 3 rings (SSSR count). The Hall–Kier alpha value is 1.51. The van der Waals surface area contributed by atoms with Gasteiger partial charge in [0, 0.05) is 11.8 Å². The zero-order valence-corrected chi connectivity index (χ0v) is 21.0. The fraction of sp³-hybridized carbons (Fsp3) is 0.800. The molecule has 0 amide bonds. The summed E-state index contributed by atoms with van der Waals surface area (Å²) in [6.45, 7) is 4.54. The second-order valence-electron chi connectivity index (χ2n) is 7.63. The van der Waals surface area contributed by atoms with Crippen LogP contribution in [0.1, 0.15) is 65.2 Å². The molecule has 0 aliphatic heterocycles. The third-order valence-electron chi connectivity index (χ3n) is 5.85. The van der Waals surface area contributed by atoms with E-state index in [0.29, 0.717) is 0 Å². The molecule has 5 atom stereocenters. The summed E-state index contributed by atoms with van der Waals surface area (Å²) < 4.78 is -1.48. The smallest absolute Gasteiger partial charge is 0.118 e. The van der Waals surface area contributed by atoms with Crippen molar-refractivity contribution in [3.63, 3.8) is 0 Å². The molecule has 27 heavy (non-hydrogen) atoms. The fourth-order valence-electron chi connectivity index (χ4n) is 4.29. The predicted octanol–water partition coefficient (Wildman–Crippen LogP) is 9.39. The van der Waals surface area contributed by atoms with Gasteiger partial charge in [0.25, 0.3) is 0 Å². The molecule has 0 radical (unpaired) electrons. The molecule has 2 bridgehead atoms. The summed E-state index contributed by atoms with van der Waals surface area (Å²) in [6, 6.07) is 0. The molecule has 0 saturated heterocycles. The lowest BCUT2D eigenvalue weighted by Gasteiger charge is -2.34. The fourth-order valence-corrected chi connectivity index (χ4v) is 7.80. The van der Waals surface area contributed by atoms with E-state index in [-0.39, 0.29) is 27.3 Å². The van der Waals surface area contributed by atoms with E-state index in [4.69, 9.17) is 81.2 Å². The lowest BCUT2D eigenvalue weighted by molar-refractivity contribution is 0.420. The van der Waals surface area contributed by atoms with Gasteiger partial charge < -0.3 is 0 Å². The third kappa shape index (κ3) is 3.93. The first-order valence-corrected chi connectivity index (χ1v) is 12.5. The Morgan fingerprint density at radius 2 is 1.19 bits per heavy atom. The monoisotopic (exact) mass is 512 g/mol. The summed E-state index contributed by atoms with van der Waals surface area (Å²) in [4.78, 5) is -2.45. The van der Waals surface area contributed by atoms with Gasteiger partial charge in [-0.2, -0.15) is 0 Å². The molecule has 0 N–H and O–H groups in total. The first-order valence-electron chi connectivity index (χ1n) is 9.76. The van der Waals surface area contributed by atoms with Crippen molar-refractivity contribution < 1.29 is 0 Å². The molecule has 0 aromatic rings. The molecule has 0 aromatic carbocycles. The molecule has 7 heteroatoms. The van der Waals surface area contributed by atoms with Crippen LogP contribution < -0.4 is 0 Å². The maximum absolute atomic E-state index is 6.57. The molecule has 1 saturated carbocycles. The van der Waals surface area contributed by atoms with Crippen LogP contribution in [0.3, 0.4) is 0 Å². The van der Waals surface area contributed by atoms with E-state index < -0.39 is 14.1 Å². The first-order chi connectivity index (χ1) is 12.6. The highest BCUT2D eigenvalue weighted by Crippen LogP contribution is 2.78. The Morgan fingerprint density at radius 3 is 1.67 bits per heavy atom. The molecular weight excluding hydrogens is 488 g/mol. The van der Waals surface area contributed by atoms with E-state index in [2.05, 4.69) is 13.8 Å². The number of fused-ring (bicyclic) bond motifs is 5. The van der Waals surface area contributed by atoms with Gasteiger partial charge in [0.05, 0.1) is 15.4 Å². The van der Waals surface area contributed by atoms with Crippen molar-refractivity contribution in [1.82, 2.24) is 0 Å². The molecular formula is C20H27Cl7. The second kappa shape index (κ2) is 9.76. The Labute approximate surface area is 198 Å². The summed E-state index contributed by atoms with van der Waals surface area (Å²) in [5.74, 6) is -0.470. The van der Waals surface area contributed by atoms with Gasteiger partial charge >= 0.3 is 0 Å². The number of rotatable bonds is 7. The second-order valence-corrected chi connectivity index (χ2v) is 11.4. The van der Waals surface area contributed by atoms with Crippen molar-refractivity contribution in [3.05, 3.63) is 22.2 Å². The highest BCUT2D eigenvalue weighted by atomic mass is 35.5. The van der Waals surface area contributed by atoms with Gasteiger partial charge in [0.2, 0.25) is 0 Å². The minimum Gasteiger partial charge on any atom is -0.118 e. The molecule has 156 valence electrons. The summed E-state index contributed by atoms with van der Waals surface area (Å²) in [6.07, 6.45) is 15.2. The van der Waals surface area contributed by atoms with Crippen molar-refractivity contribution >= 4 is 81.2 Å². The van der Waals surface area contributed by atoms with Crippen LogP contribution in [0.5, 0.6) is 0 Å². The van der Waals surface area contributed by atoms with Gasteiger partial charge in [-0.25, -0.2) is 0 Å². The van der Waals surface area contributed by atoms with E-state index in [1.165, 1.54) is 51.4 Å². The summed E-state index contributed by atoms with van der Waals surface area (Å²) in [7, 11) is 0. The van der Waals surface area contributed by atoms with Crippen LogP contribution in [0.15, 0.2) is 22.2 Å². The van der Waals surface area contributed by atoms with Crippen molar-refractivity contribution in [2.24, 2.45) is 11.8 Å². The predicted molar refractivity (Wildman–Crippen MR) is 124 cm³/mol. The highest BCUT2D eigenvalue weighted by molar-refractivity contribution is 6.66. The molecule has 3 aliphatic carbocycles. The van der Waals surface area contributed by atoms with E-state index >= 15 is 0 Å². The SMILES string of the molecule is CCCCCCCCCC.ClC1=C(Cl)C2(Cl)C3C(Cl)C=CC3C1(Cl)C2(Cl)Cl. The summed E-state index contributed by atoms with van der Waals surface area (Å²) in [5.41, 5.74) is 0. The molecule has 0 spiro atoms. The number of halogens is 7. The summed E-state index contributed by atoms with van der Waals surface area (Å²) in [5, 5.41) is 0.113. The zero-order chi connectivity index (χ0) is 20.5. The third-order valence-corrected chi connectivity index (χ3v) is 10.6. The molecule has 0 heterocycles. The Kier molecular flexibility index (Phi) is 8.96. The number of hydrogen-bond donors (Lipinski definition) is 0. The van der Waals surface area contributed by atoms with Crippen molar-refractivity contribution in [2.45, 2.75) is 84.7 Å². The number of unbranched alkanes of at least 4 members (excludes halogenated alkanes) is 7. The maximum atomic E-state index is 6.57. The number of alkyl halides is 5. The van der Waals surface area contributed by atoms with Crippen LogP contribution >= 0.6 is 81.2 Å². The quantitative estimate of drug-likeness (QED) is 0.180. The average molecular weight is 516 g/mol. The Balaban J connectivity index is 0.000000227. The zero-order valence-electron chi connectivity index (χ0n) is 15.7. The molecule has 1 fully saturated rings. The molecule has 0 aromatic heterocycles. The van der Waals surface area contributed by atoms with Crippen LogP contribution in [0, 0.1) is 11.8 Å². The van der Waals surface area contributed by atoms with Gasteiger partial charge in [0.1, 0.15) is 9.75 Å². The van der Waals surface area contributed by atoms with Gasteiger partial charge in [-0.1, -0.05) is 124 Å². The lowest BCUT2D eigenvalue weighted by Crippen LogP contribution is -2.45. The van der Waals surface area contributed by atoms with Crippen molar-refractivity contribution in [3.8, 4) is 0 Å². The number of allylic oxidation sites excluding steroid dienone is 4. The van der Waals surface area contributed by atoms with Crippen LogP contribution in [0.4, 0.5) is 0 Å². The van der Waals surface area contributed by atoms with Crippen LogP contribution in [0.25, 0.3) is 0 Å². The van der Waals surface area contributed by atoms with Crippen LogP contribution in [-0.4, -0.2) is 19.5 Å². The minimum absolute atomic E-state index is 0.205. The topological polar surface area (TPSA) is 0 Å². The maximum Gasteiger partial charge on any atom is 0.167 e. The van der Waals surface area contributed by atoms with Crippen LogP contribution in [-0.2, 0) is 0 Å². The van der Waals surface area contributed by atoms with Gasteiger partial charge in [0.15, 0.2) is 4.33 Å². The summed E-state index contributed by atoms with van der Waals surface area (Å²) >= 11 is 44.5. The van der Waals surface area contributed by atoms with Gasteiger partial charge in [-0.15, -0.1) is 34.8 Å². The first kappa shape index (κ1) is 24.8. The Bertz CT molecular complexity index is 577. The Morgan fingerprint density at radius 1 is 0.741 bits per heavy atom. The van der Waals surface area contributed by atoms with Crippen molar-refractivity contribution in [1.29, 1.82) is 0 Å². The van der Waals surface area contributed by atoms with Crippen molar-refractivity contribution in [2.75, 3.05) is 0 Å². The normalized spacial score (nSPS) is 38.2. The largest absolute Gasteiger partial charge is 0.167 e. The average Bonchev–Trinajstić information content (AvgIpc) is 3.12. The van der Waals surface area contributed by atoms with E-state index in [1.807, 2.05) is 12.2 Å². The van der Waals surface area contributed by atoms with Gasteiger partial charge in [-0.05, 0) is 0 Å². The minimum atomic E-state index is -1.48. The van der Waals surface area contributed by atoms with Gasteiger partial charge in [-0.3, -0.25) is 0 Å². The standard InChI is InChI=1S/C10H5Cl7.C10H22/c11-4-2-1-3-5(4)9(15)7(13)6(12)8(3,14)10(9,16)17;1-3-5-7-9-10-8-6-4-2/h1-5H;3-10H2,1-2H3. The highest BCUT2D eigenvalue weighted by Gasteiger charge is 2.83. The van der Waals surface area contributed by atoms with Crippen LogP contribution in [0.2, 0.25) is 0 Å². The number of hydrogen-bond acceptors (Lipinski definition) is 0. The lowest BCUT2D eigenvalue weighted by atomic mass is 9.84. The van der Waals surface area contributed by atoms with E-state index in [0.717, 1.165) is 0 Å². The molecule has 5 unspecified atom stereocenters. The molecule has 0 nitrogen and oxygen atoms in total.